The van der Waals surface area contributed by atoms with Crippen molar-refractivity contribution in [3.05, 3.63) is 52.7 Å². The molecule has 1 saturated heterocycles. The Balaban J connectivity index is 1.14. The molecule has 308 valence electrons. The largest absolute Gasteiger partial charge is 0.473 e. The molecule has 4 aliphatic carbocycles. The highest BCUT2D eigenvalue weighted by Gasteiger charge is 2.61. The molecule has 13 heteroatoms. The summed E-state index contributed by atoms with van der Waals surface area (Å²) in [5.41, 5.74) is -0.861. The summed E-state index contributed by atoms with van der Waals surface area (Å²) in [4.78, 5) is 76.2. The Hall–Kier alpha value is -4.00. The van der Waals surface area contributed by atoms with Crippen LogP contribution in [0.4, 0.5) is 0 Å². The van der Waals surface area contributed by atoms with E-state index in [0.717, 1.165) is 70.6 Å². The van der Waals surface area contributed by atoms with Crippen molar-refractivity contribution in [2.24, 2.45) is 29.1 Å². The molecule has 7 atom stereocenters. The molecule has 57 heavy (non-hydrogen) atoms. The molecule has 0 spiro atoms. The number of aromatic nitrogens is 1. The predicted molar refractivity (Wildman–Crippen MR) is 214 cm³/mol. The van der Waals surface area contributed by atoms with Crippen LogP contribution in [0.15, 0.2) is 41.7 Å². The number of aromatic amines is 1. The monoisotopic (exact) mass is 803 g/mol. The van der Waals surface area contributed by atoms with Gasteiger partial charge in [0.2, 0.25) is 21.8 Å². The summed E-state index contributed by atoms with van der Waals surface area (Å²) in [6.07, 6.45) is 12.0. The van der Waals surface area contributed by atoms with E-state index in [0.29, 0.717) is 41.6 Å². The summed E-state index contributed by atoms with van der Waals surface area (Å²) in [6, 6.07) is 6.31. The van der Waals surface area contributed by atoms with Gasteiger partial charge in [0.25, 0.3) is 0 Å². The molecule has 2 bridgehead atoms. The van der Waals surface area contributed by atoms with Crippen LogP contribution in [0.25, 0.3) is 10.9 Å². The molecule has 12 nitrogen and oxygen atoms in total. The molecular weight excluding hydrogens is 747 g/mol. The van der Waals surface area contributed by atoms with Crippen LogP contribution in [0.3, 0.4) is 0 Å². The molecular formula is C44H57N3O9S. The van der Waals surface area contributed by atoms with Crippen LogP contribution in [0.5, 0.6) is 5.88 Å². The number of rotatable bonds is 8. The van der Waals surface area contributed by atoms with Crippen molar-refractivity contribution in [3.8, 4) is 5.88 Å². The second-order valence-electron chi connectivity index (χ2n) is 18.1. The minimum atomic E-state index is -3.86. The zero-order chi connectivity index (χ0) is 40.1. The van der Waals surface area contributed by atoms with Crippen molar-refractivity contribution in [2.45, 2.75) is 145 Å². The molecule has 4 saturated carbocycles. The van der Waals surface area contributed by atoms with Crippen molar-refractivity contribution in [3.63, 3.8) is 0 Å². The van der Waals surface area contributed by atoms with Crippen LogP contribution in [-0.2, 0) is 40.4 Å². The summed E-state index contributed by atoms with van der Waals surface area (Å²) >= 11 is 0. The minimum absolute atomic E-state index is 0.0434. The molecule has 6 aliphatic rings. The number of para-hydroxylation sites is 1. The van der Waals surface area contributed by atoms with Gasteiger partial charge in [0.05, 0.1) is 46.7 Å². The van der Waals surface area contributed by atoms with E-state index in [4.69, 9.17) is 9.47 Å². The molecule has 8 rings (SSSR count). The van der Waals surface area contributed by atoms with Crippen LogP contribution in [0, 0.1) is 29.1 Å². The van der Waals surface area contributed by atoms with Gasteiger partial charge in [-0.2, -0.15) is 0 Å². The van der Waals surface area contributed by atoms with E-state index in [-0.39, 0.29) is 67.2 Å². The number of amides is 2. The molecule has 2 aliphatic heterocycles. The second-order valence-corrected chi connectivity index (χ2v) is 20.1. The SMILES string of the molecule is C=C[C@@H]1C[C@]1(CC(=O)[C@@H]1C[C@@H]2CN1C(=O)[C@H](C1CCCC1)CC(=O)O[C@]1(C)CCC[C@H]1CCCCCc1c([nH]c3ccccc3c1=O)O2)C(=O)NS(=O)(=O)C1CC1. The number of fused-ring (bicyclic) bond motifs is 5. The number of sulfonamides is 1. The number of esters is 1. The number of carbonyl (C=O) groups is 4. The lowest BCUT2D eigenvalue weighted by Crippen LogP contribution is -2.48. The summed E-state index contributed by atoms with van der Waals surface area (Å²) in [7, 11) is -3.86. The van der Waals surface area contributed by atoms with Gasteiger partial charge in [-0.15, -0.1) is 6.58 Å². The van der Waals surface area contributed by atoms with E-state index in [1.807, 2.05) is 25.1 Å². The molecule has 0 unspecified atom stereocenters. The van der Waals surface area contributed by atoms with Crippen molar-refractivity contribution in [1.29, 1.82) is 0 Å². The number of nitrogens with one attached hydrogen (secondary N) is 2. The third-order valence-electron chi connectivity index (χ3n) is 14.3. The van der Waals surface area contributed by atoms with E-state index >= 15 is 4.79 Å². The standard InChI is InChI=1S/C44H57N3O9S/c1-3-28-24-44(28,42(52)46-57(53,54)31-19-20-31)25-37(48)36-22-30-26-47(36)41(51)34(27-12-7-8-13-27)23-38(49)56-43(2)21-11-15-29(43)14-5-4-6-17-33-39(50)32-16-9-10-18-35(32)45-40(33)55-30/h3,9-10,16,18,27-31,34,36H,1,4-8,11-15,17,19-26H2,2H3,(H,45,50)(H,46,52)/t28-,29-,30-,34+,36+,43-,44-/m1/s1. The Morgan fingerprint density at radius 3 is 2.47 bits per heavy atom. The second kappa shape index (κ2) is 15.6. The number of pyridine rings is 1. The molecule has 1 aromatic carbocycles. The van der Waals surface area contributed by atoms with Crippen LogP contribution in [0.2, 0.25) is 0 Å². The average molecular weight is 804 g/mol. The maximum atomic E-state index is 15.0. The first-order valence-corrected chi connectivity index (χ1v) is 22.9. The Labute approximate surface area is 334 Å². The highest BCUT2D eigenvalue weighted by molar-refractivity contribution is 7.90. The minimum Gasteiger partial charge on any atom is -0.473 e. The van der Waals surface area contributed by atoms with Gasteiger partial charge in [0, 0.05) is 18.2 Å². The van der Waals surface area contributed by atoms with Gasteiger partial charge in [-0.05, 0) is 107 Å². The first-order valence-electron chi connectivity index (χ1n) is 21.4. The number of carbonyl (C=O) groups excluding carboxylic acids is 4. The van der Waals surface area contributed by atoms with Crippen molar-refractivity contribution in [1.82, 2.24) is 14.6 Å². The van der Waals surface area contributed by atoms with Gasteiger partial charge in [-0.25, -0.2) is 8.42 Å². The number of allylic oxidation sites excluding steroid dienone is 1. The number of ketones is 1. The van der Waals surface area contributed by atoms with Crippen molar-refractivity contribution < 1.29 is 37.1 Å². The smallest absolute Gasteiger partial charge is 0.307 e. The van der Waals surface area contributed by atoms with E-state index < -0.39 is 56.2 Å². The van der Waals surface area contributed by atoms with E-state index in [9.17, 15) is 27.6 Å². The van der Waals surface area contributed by atoms with Crippen LogP contribution in [-0.4, -0.2) is 71.4 Å². The summed E-state index contributed by atoms with van der Waals surface area (Å²) in [5, 5.41) is -0.0446. The maximum absolute atomic E-state index is 15.0. The normalized spacial score (nSPS) is 32.7. The quantitative estimate of drug-likeness (QED) is 0.238. The summed E-state index contributed by atoms with van der Waals surface area (Å²) in [6.45, 7) is 5.93. The predicted octanol–water partition coefficient (Wildman–Crippen LogP) is 6.05. The third-order valence-corrected chi connectivity index (χ3v) is 16.1. The Morgan fingerprint density at radius 2 is 1.74 bits per heavy atom. The number of nitrogens with zero attached hydrogens (tertiary/aromatic N) is 1. The van der Waals surface area contributed by atoms with Gasteiger partial charge in [0.15, 0.2) is 17.1 Å². The zero-order valence-electron chi connectivity index (χ0n) is 33.1. The topological polar surface area (TPSA) is 169 Å². The van der Waals surface area contributed by atoms with E-state index in [1.54, 1.807) is 17.0 Å². The number of ether oxygens (including phenoxy) is 2. The van der Waals surface area contributed by atoms with Crippen LogP contribution in [0.1, 0.15) is 122 Å². The first-order chi connectivity index (χ1) is 27.3. The lowest BCUT2D eigenvalue weighted by atomic mass is 9.85. The zero-order valence-corrected chi connectivity index (χ0v) is 33.9. The molecule has 2 aromatic rings. The van der Waals surface area contributed by atoms with E-state index in [2.05, 4.69) is 16.3 Å². The first kappa shape index (κ1) is 39.8. The molecule has 0 radical (unpaired) electrons. The van der Waals surface area contributed by atoms with Crippen molar-refractivity contribution in [2.75, 3.05) is 6.54 Å². The lowest BCUT2D eigenvalue weighted by Gasteiger charge is -2.34. The average Bonchev–Trinajstić information content (AvgIpc) is 3.99. The summed E-state index contributed by atoms with van der Waals surface area (Å²) < 4.78 is 40.9. The van der Waals surface area contributed by atoms with Crippen LogP contribution < -0.4 is 14.9 Å². The fraction of sp³-hybridized carbons (Fsp3) is 0.659. The Morgan fingerprint density at radius 1 is 1.00 bits per heavy atom. The number of H-pyrrole nitrogens is 1. The van der Waals surface area contributed by atoms with Gasteiger partial charge in [-0.1, -0.05) is 43.9 Å². The van der Waals surface area contributed by atoms with Crippen LogP contribution >= 0.6 is 0 Å². The highest BCUT2D eigenvalue weighted by Crippen LogP contribution is 2.57. The van der Waals surface area contributed by atoms with E-state index in [1.165, 1.54) is 0 Å². The lowest BCUT2D eigenvalue weighted by molar-refractivity contribution is -0.166. The molecule has 5 fully saturated rings. The number of hydrogen-bond donors (Lipinski definition) is 2. The molecule has 2 N–H and O–H groups in total. The number of benzene rings is 1. The van der Waals surface area contributed by atoms with Gasteiger partial charge in [0.1, 0.15) is 11.7 Å². The van der Waals surface area contributed by atoms with Crippen molar-refractivity contribution >= 4 is 44.5 Å². The van der Waals surface area contributed by atoms with Gasteiger partial charge < -0.3 is 19.4 Å². The molecule has 3 heterocycles. The highest BCUT2D eigenvalue weighted by atomic mass is 32.2. The Kier molecular flexibility index (Phi) is 10.9. The molecule has 2 amide bonds. The number of hydrogen-bond acceptors (Lipinski definition) is 9. The van der Waals surface area contributed by atoms with Gasteiger partial charge >= 0.3 is 5.97 Å². The maximum Gasteiger partial charge on any atom is 0.307 e. The number of Topliss-reactive ketones (excluding diaryl/α,β-unsaturated/α-hetero) is 1. The Bertz CT molecular complexity index is 2110. The summed E-state index contributed by atoms with van der Waals surface area (Å²) in [5.74, 6) is -2.39. The fourth-order valence-corrected chi connectivity index (χ4v) is 12.0. The fourth-order valence-electron chi connectivity index (χ4n) is 10.7. The molecule has 1 aromatic heterocycles. The van der Waals surface area contributed by atoms with Gasteiger partial charge in [-0.3, -0.25) is 28.7 Å². The third kappa shape index (κ3) is 7.93.